The number of rotatable bonds is 7. The van der Waals surface area contributed by atoms with E-state index in [1.54, 1.807) is 0 Å². The summed E-state index contributed by atoms with van der Waals surface area (Å²) in [5.41, 5.74) is 0. The maximum Gasteiger partial charge on any atom is 0.259 e. The molecule has 66 valence electrons. The van der Waals surface area contributed by atoms with Crippen LogP contribution in [0.1, 0.15) is 19.3 Å². The molecule has 0 saturated carbocycles. The van der Waals surface area contributed by atoms with Gasteiger partial charge in [-0.05, 0) is 19.3 Å². The Hall–Kier alpha value is -0.163. The Morgan fingerprint density at radius 1 is 1.64 bits per heavy atom. The summed E-state index contributed by atoms with van der Waals surface area (Å²) in [7, 11) is 1.16. The van der Waals surface area contributed by atoms with Gasteiger partial charge < -0.3 is 9.93 Å². The molecule has 0 bridgehead atoms. The van der Waals surface area contributed by atoms with Crippen LogP contribution in [-0.4, -0.2) is 28.6 Å². The van der Waals surface area contributed by atoms with Crippen molar-refractivity contribution in [1.29, 1.82) is 0 Å². The Morgan fingerprint density at radius 3 is 2.91 bits per heavy atom. The van der Waals surface area contributed by atoms with Crippen molar-refractivity contribution in [2.24, 2.45) is 5.40 Å². The topological polar surface area (TPSA) is 38.5 Å². The number of nitrogens with zero attached hydrogens (tertiary/aromatic N) is 1. The number of hydroxylamine groups is 2. The maximum absolute atomic E-state index is 5.32. The first kappa shape index (κ1) is 10.8. The minimum atomic E-state index is -0.767. The van der Waals surface area contributed by atoms with Crippen molar-refractivity contribution in [2.75, 3.05) is 13.6 Å². The van der Waals surface area contributed by atoms with Crippen molar-refractivity contribution in [3.8, 4) is 0 Å². The summed E-state index contributed by atoms with van der Waals surface area (Å²) >= 11 is 0. The second-order valence-electron chi connectivity index (χ2n) is 2.43. The van der Waals surface area contributed by atoms with Gasteiger partial charge in [0.1, 0.15) is 0 Å². The summed E-state index contributed by atoms with van der Waals surface area (Å²) in [6.45, 7) is 4.63. The van der Waals surface area contributed by atoms with E-state index in [4.69, 9.17) is 9.93 Å². The standard InChI is InChI=1S/C7H18N2OSi/c1-3-4-5-6-7-9(2)10-11-8/h3H,1,4-8,11H2,2H3. The van der Waals surface area contributed by atoms with E-state index < -0.39 is 9.92 Å². The lowest BCUT2D eigenvalue weighted by Gasteiger charge is -2.14. The van der Waals surface area contributed by atoms with E-state index >= 15 is 0 Å². The van der Waals surface area contributed by atoms with E-state index in [0.29, 0.717) is 0 Å². The largest absolute Gasteiger partial charge is 0.333 e. The Labute approximate surface area is 71.2 Å². The van der Waals surface area contributed by atoms with E-state index in [-0.39, 0.29) is 0 Å². The third kappa shape index (κ3) is 7.74. The number of nitrogens with two attached hydrogens (primary N) is 1. The summed E-state index contributed by atoms with van der Waals surface area (Å²) in [4.78, 5) is 0. The van der Waals surface area contributed by atoms with Crippen LogP contribution >= 0.6 is 0 Å². The molecule has 0 aromatic rings. The minimum absolute atomic E-state index is 0.767. The fourth-order valence-corrected chi connectivity index (χ4v) is 1.20. The van der Waals surface area contributed by atoms with Gasteiger partial charge in [0.05, 0.1) is 0 Å². The van der Waals surface area contributed by atoms with Crippen molar-refractivity contribution in [3.05, 3.63) is 12.7 Å². The zero-order valence-corrected chi connectivity index (χ0v) is 8.67. The van der Waals surface area contributed by atoms with Crippen molar-refractivity contribution in [3.63, 3.8) is 0 Å². The second kappa shape index (κ2) is 7.94. The van der Waals surface area contributed by atoms with Crippen LogP contribution in [0, 0.1) is 0 Å². The lowest BCUT2D eigenvalue weighted by atomic mass is 10.2. The van der Waals surface area contributed by atoms with Gasteiger partial charge in [0.15, 0.2) is 0 Å². The van der Waals surface area contributed by atoms with Crippen LogP contribution in [0.3, 0.4) is 0 Å². The first-order valence-corrected chi connectivity index (χ1v) is 5.35. The molecule has 0 aliphatic rings. The van der Waals surface area contributed by atoms with E-state index in [1.807, 2.05) is 18.2 Å². The smallest absolute Gasteiger partial charge is 0.259 e. The molecular formula is C7H18N2OSi. The predicted molar refractivity (Wildman–Crippen MR) is 50.5 cm³/mol. The highest BCUT2D eigenvalue weighted by atomic mass is 28.2. The Kier molecular flexibility index (Phi) is 7.82. The number of unbranched alkanes of at least 4 members (excludes halogenated alkanes) is 2. The monoisotopic (exact) mass is 174 g/mol. The van der Waals surface area contributed by atoms with Crippen LogP contribution in [0.2, 0.25) is 0 Å². The maximum atomic E-state index is 5.32. The molecular weight excluding hydrogens is 156 g/mol. The van der Waals surface area contributed by atoms with Crippen LogP contribution in [0.25, 0.3) is 0 Å². The number of allylic oxidation sites excluding steroid dienone is 1. The molecule has 0 fully saturated rings. The molecule has 0 aliphatic heterocycles. The van der Waals surface area contributed by atoms with Crippen molar-refractivity contribution in [2.45, 2.75) is 19.3 Å². The predicted octanol–water partition coefficient (Wildman–Crippen LogP) is 0.164. The van der Waals surface area contributed by atoms with Crippen LogP contribution in [0.5, 0.6) is 0 Å². The van der Waals surface area contributed by atoms with Crippen LogP contribution in [0.15, 0.2) is 12.7 Å². The van der Waals surface area contributed by atoms with Gasteiger partial charge in [-0.15, -0.1) is 6.58 Å². The van der Waals surface area contributed by atoms with E-state index in [1.165, 1.54) is 6.42 Å². The van der Waals surface area contributed by atoms with E-state index in [0.717, 1.165) is 19.4 Å². The summed E-state index contributed by atoms with van der Waals surface area (Å²) < 4.78 is 5.15. The van der Waals surface area contributed by atoms with Crippen molar-refractivity contribution >= 4 is 9.92 Å². The average molecular weight is 174 g/mol. The summed E-state index contributed by atoms with van der Waals surface area (Å²) in [6.07, 6.45) is 5.37. The van der Waals surface area contributed by atoms with Gasteiger partial charge in [-0.25, -0.2) is 5.06 Å². The molecule has 0 aromatic carbocycles. The van der Waals surface area contributed by atoms with Gasteiger partial charge in [0, 0.05) is 13.6 Å². The minimum Gasteiger partial charge on any atom is -0.333 e. The summed E-state index contributed by atoms with van der Waals surface area (Å²) in [5, 5.41) is 7.15. The van der Waals surface area contributed by atoms with Crippen LogP contribution in [0.4, 0.5) is 0 Å². The van der Waals surface area contributed by atoms with E-state index in [2.05, 4.69) is 6.58 Å². The highest BCUT2D eigenvalue weighted by molar-refractivity contribution is 6.21. The molecule has 11 heavy (non-hydrogen) atoms. The zero-order chi connectivity index (χ0) is 8.53. The lowest BCUT2D eigenvalue weighted by Crippen LogP contribution is -2.26. The Morgan fingerprint density at radius 2 is 2.36 bits per heavy atom. The molecule has 0 heterocycles. The van der Waals surface area contributed by atoms with Gasteiger partial charge in [-0.3, -0.25) is 0 Å². The van der Waals surface area contributed by atoms with Gasteiger partial charge in [-0.2, -0.15) is 0 Å². The summed E-state index contributed by atoms with van der Waals surface area (Å²) in [5.74, 6) is 0. The Balaban J connectivity index is 3.03. The second-order valence-corrected chi connectivity index (χ2v) is 3.02. The number of hydrogen-bond donors (Lipinski definition) is 1. The van der Waals surface area contributed by atoms with Crippen molar-refractivity contribution < 1.29 is 4.53 Å². The lowest BCUT2D eigenvalue weighted by molar-refractivity contribution is -0.0305. The molecule has 0 amide bonds. The van der Waals surface area contributed by atoms with Gasteiger partial charge in [0.25, 0.3) is 9.92 Å². The average Bonchev–Trinajstić information content (AvgIpc) is 1.99. The summed E-state index contributed by atoms with van der Waals surface area (Å²) in [6, 6.07) is 0. The van der Waals surface area contributed by atoms with Gasteiger partial charge in [0.2, 0.25) is 0 Å². The quantitative estimate of drug-likeness (QED) is 0.259. The number of hydrogen-bond acceptors (Lipinski definition) is 3. The normalized spacial score (nSPS) is 11.5. The molecule has 0 spiro atoms. The first-order valence-electron chi connectivity index (χ1n) is 3.96. The fraction of sp³-hybridized carbons (Fsp3) is 0.714. The van der Waals surface area contributed by atoms with Gasteiger partial charge in [-0.1, -0.05) is 6.08 Å². The molecule has 0 aliphatic carbocycles. The third-order valence-electron chi connectivity index (χ3n) is 1.43. The molecule has 0 atom stereocenters. The molecule has 0 saturated heterocycles. The molecule has 4 heteroatoms. The highest BCUT2D eigenvalue weighted by Gasteiger charge is 1.94. The van der Waals surface area contributed by atoms with Crippen LogP contribution in [-0.2, 0) is 4.53 Å². The third-order valence-corrected chi connectivity index (χ3v) is 2.02. The highest BCUT2D eigenvalue weighted by Crippen LogP contribution is 1.97. The SMILES string of the molecule is C=CCCCCN(C)O[SiH2]N. The zero-order valence-electron chi connectivity index (χ0n) is 7.25. The van der Waals surface area contributed by atoms with Gasteiger partial charge >= 0.3 is 0 Å². The molecule has 3 nitrogen and oxygen atoms in total. The molecule has 2 N–H and O–H groups in total. The Bertz CT molecular complexity index is 100. The van der Waals surface area contributed by atoms with Crippen molar-refractivity contribution in [1.82, 2.24) is 5.06 Å². The first-order chi connectivity index (χ1) is 5.31. The molecule has 0 unspecified atom stereocenters. The molecule has 0 radical (unpaired) electrons. The van der Waals surface area contributed by atoms with Crippen LogP contribution < -0.4 is 5.40 Å². The van der Waals surface area contributed by atoms with E-state index in [9.17, 15) is 0 Å². The fourth-order valence-electron chi connectivity index (χ4n) is 0.815. The molecule has 0 aromatic heterocycles. The molecule has 0 rings (SSSR count).